The molecule has 0 saturated carbocycles. The van der Waals surface area contributed by atoms with Crippen LogP contribution in [0.15, 0.2) is 0 Å². The number of nitrogens with one attached hydrogen (secondary N) is 2. The van der Waals surface area contributed by atoms with Gasteiger partial charge in [-0.25, -0.2) is 0 Å². The molecule has 53 heavy (non-hydrogen) atoms. The lowest BCUT2D eigenvalue weighted by Gasteiger charge is -2.07. The highest BCUT2D eigenvalue weighted by atomic mass is 19.1. The maximum Gasteiger partial charge on any atom is 0.0894 e. The Morgan fingerprint density at radius 2 is 1.09 bits per heavy atom. The minimum atomic E-state index is -0.145. The zero-order valence-electron chi connectivity index (χ0n) is 41.2. The summed E-state index contributed by atoms with van der Waals surface area (Å²) in [5.41, 5.74) is 0. The van der Waals surface area contributed by atoms with Crippen LogP contribution in [-0.4, -0.2) is 131 Å². The largest absolute Gasteiger partial charge is 0.385 e. The van der Waals surface area contributed by atoms with Crippen LogP contribution in [0.5, 0.6) is 0 Å². The monoisotopic (exact) mass is 781 g/mol. The third kappa shape index (κ3) is 194. The predicted molar refractivity (Wildman–Crippen MR) is 244 cm³/mol. The molecule has 7 nitrogen and oxygen atoms in total. The lowest BCUT2D eigenvalue weighted by atomic mass is 10.1. The second-order valence-corrected chi connectivity index (χ2v) is 12.5. The molecule has 0 rings (SSSR count). The van der Waals surface area contributed by atoms with E-state index in [1.54, 1.807) is 14.2 Å². The second-order valence-electron chi connectivity index (χ2n) is 12.5. The Labute approximate surface area is 338 Å². The van der Waals surface area contributed by atoms with Gasteiger partial charge in [0.05, 0.1) is 20.0 Å². The van der Waals surface area contributed by atoms with Crippen molar-refractivity contribution >= 4 is 0 Å². The lowest BCUT2D eigenvalue weighted by molar-refractivity contribution is 0.110. The number of nitrogens with zero attached hydrogens (tertiary/aromatic N) is 2. The van der Waals surface area contributed by atoms with Crippen molar-refractivity contribution in [3.63, 3.8) is 0 Å². The predicted octanol–water partition coefficient (Wildman–Crippen LogP) is 12.2. The molecule has 0 aromatic carbocycles. The Morgan fingerprint density at radius 1 is 0.623 bits per heavy atom. The van der Waals surface area contributed by atoms with Crippen molar-refractivity contribution in [1.82, 2.24) is 20.4 Å². The maximum atomic E-state index is 11.2. The van der Waals surface area contributed by atoms with E-state index >= 15 is 0 Å². The van der Waals surface area contributed by atoms with Gasteiger partial charge in [-0.05, 0) is 126 Å². The molecule has 0 spiro atoms. The van der Waals surface area contributed by atoms with E-state index in [-0.39, 0.29) is 6.67 Å². The summed E-state index contributed by atoms with van der Waals surface area (Å²) in [5, 5.41) is 6.13. The Hall–Kier alpha value is -0.420. The third-order valence-electron chi connectivity index (χ3n) is 6.27. The van der Waals surface area contributed by atoms with Gasteiger partial charge in [-0.15, -0.1) is 0 Å². The van der Waals surface area contributed by atoms with Crippen LogP contribution < -0.4 is 10.6 Å². The number of methoxy groups -OCH3 is 2. The fraction of sp³-hybridized carbons (Fsp3) is 1.00. The maximum absolute atomic E-state index is 11.2. The van der Waals surface area contributed by atoms with Crippen LogP contribution in [0.4, 0.5) is 8.78 Å². The van der Waals surface area contributed by atoms with Gasteiger partial charge >= 0.3 is 0 Å². The number of ether oxygens (including phenoxy) is 3. The van der Waals surface area contributed by atoms with Crippen molar-refractivity contribution in [2.24, 2.45) is 5.92 Å². The summed E-state index contributed by atoms with van der Waals surface area (Å²) in [5.74, 6) is 0.898. The molecule has 338 valence electrons. The van der Waals surface area contributed by atoms with E-state index in [1.165, 1.54) is 45.1 Å². The number of halogens is 2. The molecule has 0 fully saturated rings. The molecule has 1 unspecified atom stereocenters. The van der Waals surface area contributed by atoms with Gasteiger partial charge < -0.3 is 34.6 Å². The summed E-state index contributed by atoms with van der Waals surface area (Å²) in [6.07, 6.45) is 12.1. The van der Waals surface area contributed by atoms with Gasteiger partial charge in [0.15, 0.2) is 0 Å². The molecule has 1 atom stereocenters. The van der Waals surface area contributed by atoms with E-state index in [9.17, 15) is 8.78 Å². The Kier molecular flexibility index (Phi) is 144. The van der Waals surface area contributed by atoms with E-state index < -0.39 is 0 Å². The van der Waals surface area contributed by atoms with E-state index in [2.05, 4.69) is 132 Å². The zero-order valence-corrected chi connectivity index (χ0v) is 41.2. The summed E-state index contributed by atoms with van der Waals surface area (Å²) >= 11 is 0. The van der Waals surface area contributed by atoms with Crippen LogP contribution in [0.2, 0.25) is 0 Å². The smallest absolute Gasteiger partial charge is 0.0894 e. The third-order valence-corrected chi connectivity index (χ3v) is 6.27. The number of unbranched alkanes of at least 4 members (excludes halogenated alkanes) is 2. The highest BCUT2D eigenvalue weighted by molar-refractivity contribution is 4.44. The first kappa shape index (κ1) is 77.2. The Bertz CT molecular complexity index is 380. The first-order valence-corrected chi connectivity index (χ1v) is 21.4. The van der Waals surface area contributed by atoms with Gasteiger partial charge in [-0.3, -0.25) is 8.78 Å². The lowest BCUT2D eigenvalue weighted by Crippen LogP contribution is -2.15. The molecule has 0 amide bonds. The summed E-state index contributed by atoms with van der Waals surface area (Å²) < 4.78 is 35.2. The molecule has 0 aliphatic carbocycles. The number of rotatable bonds is 20. The van der Waals surface area contributed by atoms with Crippen molar-refractivity contribution in [2.75, 3.05) is 115 Å². The van der Waals surface area contributed by atoms with Gasteiger partial charge in [0.25, 0.3) is 0 Å². The van der Waals surface area contributed by atoms with Gasteiger partial charge in [0.2, 0.25) is 0 Å². The van der Waals surface area contributed by atoms with Crippen molar-refractivity contribution < 1.29 is 23.0 Å². The first-order valence-electron chi connectivity index (χ1n) is 21.4. The van der Waals surface area contributed by atoms with E-state index in [1.807, 2.05) is 20.9 Å². The van der Waals surface area contributed by atoms with Gasteiger partial charge in [0, 0.05) is 34.0 Å². The normalized spacial score (nSPS) is 9.57. The molecule has 0 heterocycles. The summed E-state index contributed by atoms with van der Waals surface area (Å²) in [4.78, 5) is 4.43. The number of alkyl halides is 2. The summed E-state index contributed by atoms with van der Waals surface area (Å²) in [6, 6.07) is 0. The second kappa shape index (κ2) is 98.6. The average Bonchev–Trinajstić information content (AvgIpc) is 3.14. The molecule has 0 bridgehead atoms. The average molecular weight is 781 g/mol. The standard InChI is InChI=1S/C6H14O.C6H14.C5H11F.2C5H13N.2C4H11N.2C4H10O.CH3F/c1-4-5-6(2)7-3;1-4-5-6(2)3;1-2-3-4-5-6;1-4-5-6(2)3;1-4-6(3)5-2;1-3-4-5-2;1-3-5-4-2;1-3-4-5-2;1-3-5-4-2;1-2/h6H,4-5H2,1-3H3;6H,4-5H2,1-3H3;2-5H2,1H3;2*4-5H2,1-3H3;2*5H,3-4H2,1-2H3;2*3-4H2,1-2H3;1H3. The molecule has 9 heteroatoms. The van der Waals surface area contributed by atoms with E-state index in [0.29, 0.717) is 13.3 Å². The van der Waals surface area contributed by atoms with E-state index in [0.717, 1.165) is 84.1 Å². The number of hydrogen-bond donors (Lipinski definition) is 2. The minimum absolute atomic E-state index is 0.145. The quantitative estimate of drug-likeness (QED) is 0.119. The molecule has 0 saturated heterocycles. The van der Waals surface area contributed by atoms with Crippen LogP contribution in [0.1, 0.15) is 168 Å². The fourth-order valence-electron chi connectivity index (χ4n) is 3.03. The van der Waals surface area contributed by atoms with Gasteiger partial charge in [0.1, 0.15) is 0 Å². The first-order chi connectivity index (χ1) is 25.2. The number of hydrogen-bond acceptors (Lipinski definition) is 7. The Balaban J connectivity index is -0.0000000489. The highest BCUT2D eigenvalue weighted by Gasteiger charge is 1.92. The van der Waals surface area contributed by atoms with Crippen LogP contribution in [0.25, 0.3) is 0 Å². The molecule has 0 aliphatic heterocycles. The van der Waals surface area contributed by atoms with E-state index in [4.69, 9.17) is 14.2 Å². The molecule has 0 aromatic rings. The Morgan fingerprint density at radius 3 is 1.13 bits per heavy atom. The molecule has 0 aromatic heterocycles. The SMILES string of the molecule is CCCC(C)C.CCCC(C)OC.CCCCCF.CCCN(C)C.CCCNC.CCCOC.CCN(C)CC.CCNCC.CCOCC.CF. The summed E-state index contributed by atoms with van der Waals surface area (Å²) in [7, 11) is 12.2. The van der Waals surface area contributed by atoms with Crippen molar-refractivity contribution in [3.8, 4) is 0 Å². The van der Waals surface area contributed by atoms with Crippen LogP contribution in [0.3, 0.4) is 0 Å². The molecule has 2 N–H and O–H groups in total. The van der Waals surface area contributed by atoms with Gasteiger partial charge in [-0.1, -0.05) is 115 Å². The molecular weight excluding hydrogens is 671 g/mol. The van der Waals surface area contributed by atoms with Crippen molar-refractivity contribution in [1.29, 1.82) is 0 Å². The minimum Gasteiger partial charge on any atom is -0.385 e. The van der Waals surface area contributed by atoms with Crippen LogP contribution in [0, 0.1) is 5.92 Å². The highest BCUT2D eigenvalue weighted by Crippen LogP contribution is 2.00. The van der Waals surface area contributed by atoms with Crippen molar-refractivity contribution in [2.45, 2.75) is 174 Å². The summed E-state index contributed by atoms with van der Waals surface area (Å²) in [6.45, 7) is 41.2. The van der Waals surface area contributed by atoms with Crippen molar-refractivity contribution in [3.05, 3.63) is 0 Å². The van der Waals surface area contributed by atoms with Crippen LogP contribution >= 0.6 is 0 Å². The molecular formula is C44H110F2N4O3. The zero-order chi connectivity index (χ0) is 44.0. The fourth-order valence-corrected chi connectivity index (χ4v) is 3.03. The topological polar surface area (TPSA) is 58.2 Å². The van der Waals surface area contributed by atoms with Crippen LogP contribution in [-0.2, 0) is 14.2 Å². The van der Waals surface area contributed by atoms with Gasteiger partial charge in [-0.2, -0.15) is 0 Å². The molecule has 0 aliphatic rings. The molecule has 0 radical (unpaired) electrons.